The fraction of sp³-hybridized carbons (Fsp3) is 0.333. The van der Waals surface area contributed by atoms with E-state index in [-0.39, 0.29) is 5.56 Å². The molecule has 0 amide bonds. The Morgan fingerprint density at radius 1 is 1.19 bits per heavy atom. The van der Waals surface area contributed by atoms with Crippen LogP contribution in [0.2, 0.25) is 0 Å². The highest BCUT2D eigenvalue weighted by Gasteiger charge is 2.29. The van der Waals surface area contributed by atoms with Gasteiger partial charge in [-0.1, -0.05) is 13.8 Å². The van der Waals surface area contributed by atoms with Crippen LogP contribution in [0, 0.1) is 5.92 Å². The first-order valence-electron chi connectivity index (χ1n) is 5.11. The van der Waals surface area contributed by atoms with Crippen molar-refractivity contribution in [3.8, 4) is 5.75 Å². The molecule has 1 aromatic rings. The van der Waals surface area contributed by atoms with Crippen molar-refractivity contribution in [3.05, 3.63) is 29.3 Å². The molecule has 1 aliphatic heterocycles. The SMILES string of the molecule is CC(C)COc1ccc2c(c1)C(=O)OC2=O. The number of carbonyl (C=O) groups is 2. The highest BCUT2D eigenvalue weighted by Crippen LogP contribution is 2.24. The summed E-state index contributed by atoms with van der Waals surface area (Å²) in [5.41, 5.74) is 0.591. The minimum atomic E-state index is -0.602. The summed E-state index contributed by atoms with van der Waals surface area (Å²) in [6.45, 7) is 4.64. The maximum Gasteiger partial charge on any atom is 0.347 e. The highest BCUT2D eigenvalue weighted by molar-refractivity contribution is 6.14. The van der Waals surface area contributed by atoms with Gasteiger partial charge in [-0.2, -0.15) is 0 Å². The van der Waals surface area contributed by atoms with Crippen LogP contribution in [0.25, 0.3) is 0 Å². The number of rotatable bonds is 3. The van der Waals surface area contributed by atoms with Gasteiger partial charge < -0.3 is 9.47 Å². The summed E-state index contributed by atoms with van der Waals surface area (Å²) in [5, 5.41) is 0. The third-order valence-electron chi connectivity index (χ3n) is 2.20. The lowest BCUT2D eigenvalue weighted by atomic mass is 10.1. The summed E-state index contributed by atoms with van der Waals surface area (Å²) >= 11 is 0. The van der Waals surface area contributed by atoms with E-state index in [0.717, 1.165) is 0 Å². The first-order chi connectivity index (χ1) is 7.58. The first-order valence-corrected chi connectivity index (χ1v) is 5.11. The minimum Gasteiger partial charge on any atom is -0.493 e. The van der Waals surface area contributed by atoms with Crippen LogP contribution in [0.15, 0.2) is 18.2 Å². The molecule has 4 nitrogen and oxygen atoms in total. The molecule has 0 bridgehead atoms. The molecule has 0 aromatic heterocycles. The maximum absolute atomic E-state index is 11.3. The molecule has 4 heteroatoms. The summed E-state index contributed by atoms with van der Waals surface area (Å²) in [6, 6.07) is 4.77. The van der Waals surface area contributed by atoms with E-state index in [9.17, 15) is 9.59 Å². The van der Waals surface area contributed by atoms with E-state index in [0.29, 0.717) is 23.8 Å². The van der Waals surface area contributed by atoms with E-state index in [4.69, 9.17) is 4.74 Å². The Kier molecular flexibility index (Phi) is 2.64. The fourth-order valence-electron chi connectivity index (χ4n) is 1.42. The molecule has 1 heterocycles. The Morgan fingerprint density at radius 3 is 2.56 bits per heavy atom. The largest absolute Gasteiger partial charge is 0.493 e. The lowest BCUT2D eigenvalue weighted by molar-refractivity contribution is 0.0443. The van der Waals surface area contributed by atoms with Gasteiger partial charge in [0.25, 0.3) is 0 Å². The van der Waals surface area contributed by atoms with E-state index in [1.54, 1.807) is 18.2 Å². The Morgan fingerprint density at radius 2 is 1.88 bits per heavy atom. The number of hydrogen-bond acceptors (Lipinski definition) is 4. The monoisotopic (exact) mass is 220 g/mol. The zero-order valence-electron chi connectivity index (χ0n) is 9.15. The predicted octanol–water partition coefficient (Wildman–Crippen LogP) is 2.03. The standard InChI is InChI=1S/C12H12O4/c1-7(2)6-15-8-3-4-9-10(5-8)12(14)16-11(9)13/h3-5,7H,6H2,1-2H3. The van der Waals surface area contributed by atoms with Gasteiger partial charge in [0, 0.05) is 0 Å². The van der Waals surface area contributed by atoms with E-state index in [1.807, 2.05) is 13.8 Å². The van der Waals surface area contributed by atoms with Gasteiger partial charge in [0.15, 0.2) is 0 Å². The third kappa shape index (κ3) is 1.91. The van der Waals surface area contributed by atoms with Crippen LogP contribution in [0.3, 0.4) is 0 Å². The van der Waals surface area contributed by atoms with Crippen molar-refractivity contribution < 1.29 is 19.1 Å². The molecule has 0 saturated carbocycles. The molecule has 0 atom stereocenters. The normalized spacial score (nSPS) is 13.9. The van der Waals surface area contributed by atoms with Gasteiger partial charge in [0.1, 0.15) is 5.75 Å². The number of benzene rings is 1. The Balaban J connectivity index is 2.23. The van der Waals surface area contributed by atoms with Crippen LogP contribution in [-0.4, -0.2) is 18.5 Å². The smallest absolute Gasteiger partial charge is 0.347 e. The molecule has 0 spiro atoms. The third-order valence-corrected chi connectivity index (χ3v) is 2.20. The van der Waals surface area contributed by atoms with E-state index in [2.05, 4.69) is 4.74 Å². The highest BCUT2D eigenvalue weighted by atomic mass is 16.6. The van der Waals surface area contributed by atoms with E-state index < -0.39 is 11.9 Å². The number of ether oxygens (including phenoxy) is 2. The van der Waals surface area contributed by atoms with Gasteiger partial charge in [-0.05, 0) is 24.1 Å². The summed E-state index contributed by atoms with van der Waals surface area (Å²) in [7, 11) is 0. The van der Waals surface area contributed by atoms with E-state index in [1.165, 1.54) is 0 Å². The number of carbonyl (C=O) groups excluding carboxylic acids is 2. The number of esters is 2. The Labute approximate surface area is 93.2 Å². The first kappa shape index (κ1) is 10.7. The van der Waals surface area contributed by atoms with Gasteiger partial charge in [-0.15, -0.1) is 0 Å². The summed E-state index contributed by atoms with van der Waals surface area (Å²) < 4.78 is 9.94. The zero-order valence-corrected chi connectivity index (χ0v) is 9.15. The van der Waals surface area contributed by atoms with Crippen molar-refractivity contribution in [2.75, 3.05) is 6.61 Å². The van der Waals surface area contributed by atoms with Crippen molar-refractivity contribution in [2.45, 2.75) is 13.8 Å². The average Bonchev–Trinajstić information content (AvgIpc) is 2.52. The topological polar surface area (TPSA) is 52.6 Å². The average molecular weight is 220 g/mol. The summed E-state index contributed by atoms with van der Waals surface area (Å²) in [4.78, 5) is 22.4. The molecule has 0 N–H and O–H groups in total. The van der Waals surface area contributed by atoms with Gasteiger partial charge in [-0.25, -0.2) is 9.59 Å². The Bertz CT molecular complexity index is 448. The summed E-state index contributed by atoms with van der Waals surface area (Å²) in [5.74, 6) is -0.202. The maximum atomic E-state index is 11.3. The molecule has 16 heavy (non-hydrogen) atoms. The van der Waals surface area contributed by atoms with Crippen molar-refractivity contribution in [2.24, 2.45) is 5.92 Å². The summed E-state index contributed by atoms with van der Waals surface area (Å²) in [6.07, 6.45) is 0. The molecule has 1 aliphatic rings. The van der Waals surface area contributed by atoms with Crippen LogP contribution in [-0.2, 0) is 4.74 Å². The second-order valence-corrected chi connectivity index (χ2v) is 4.09. The molecule has 0 fully saturated rings. The van der Waals surface area contributed by atoms with Crippen LogP contribution in [0.5, 0.6) is 5.75 Å². The van der Waals surface area contributed by atoms with Crippen molar-refractivity contribution in [1.29, 1.82) is 0 Å². The van der Waals surface area contributed by atoms with Gasteiger partial charge in [0.2, 0.25) is 0 Å². The quantitative estimate of drug-likeness (QED) is 0.577. The molecule has 0 radical (unpaired) electrons. The van der Waals surface area contributed by atoms with E-state index >= 15 is 0 Å². The number of cyclic esters (lactones) is 2. The fourth-order valence-corrected chi connectivity index (χ4v) is 1.42. The molecule has 0 saturated heterocycles. The second-order valence-electron chi connectivity index (χ2n) is 4.09. The van der Waals surface area contributed by atoms with Crippen LogP contribution in [0.1, 0.15) is 34.6 Å². The van der Waals surface area contributed by atoms with Gasteiger partial charge >= 0.3 is 11.9 Å². The van der Waals surface area contributed by atoms with Crippen molar-refractivity contribution in [1.82, 2.24) is 0 Å². The predicted molar refractivity (Wildman–Crippen MR) is 56.5 cm³/mol. The lowest BCUT2D eigenvalue weighted by Gasteiger charge is -2.08. The molecular weight excluding hydrogens is 208 g/mol. The number of fused-ring (bicyclic) bond motifs is 1. The molecule has 1 aromatic carbocycles. The van der Waals surface area contributed by atoms with Gasteiger partial charge in [0.05, 0.1) is 17.7 Å². The second kappa shape index (κ2) is 3.96. The van der Waals surface area contributed by atoms with Crippen LogP contribution in [0.4, 0.5) is 0 Å². The van der Waals surface area contributed by atoms with Crippen molar-refractivity contribution >= 4 is 11.9 Å². The molecule has 0 unspecified atom stereocenters. The van der Waals surface area contributed by atoms with Crippen molar-refractivity contribution in [3.63, 3.8) is 0 Å². The molecule has 2 rings (SSSR count). The van der Waals surface area contributed by atoms with Crippen LogP contribution >= 0.6 is 0 Å². The molecule has 0 aliphatic carbocycles. The molecule has 84 valence electrons. The Hall–Kier alpha value is -1.84. The van der Waals surface area contributed by atoms with Crippen LogP contribution < -0.4 is 4.74 Å². The number of hydrogen-bond donors (Lipinski definition) is 0. The lowest BCUT2D eigenvalue weighted by Crippen LogP contribution is -2.05. The molecular formula is C12H12O4. The van der Waals surface area contributed by atoms with Gasteiger partial charge in [-0.3, -0.25) is 0 Å². The zero-order chi connectivity index (χ0) is 11.7. The minimum absolute atomic E-state index is 0.284.